The van der Waals surface area contributed by atoms with Crippen molar-refractivity contribution in [2.24, 2.45) is 0 Å². The molecular weight excluding hydrogens is 403 g/mol. The van der Waals surface area contributed by atoms with Gasteiger partial charge in [0.05, 0.1) is 31.2 Å². The van der Waals surface area contributed by atoms with Crippen LogP contribution in [0.1, 0.15) is 0 Å². The van der Waals surface area contributed by atoms with Gasteiger partial charge in [0.25, 0.3) is 0 Å². The van der Waals surface area contributed by atoms with Gasteiger partial charge in [0.2, 0.25) is 0 Å². The van der Waals surface area contributed by atoms with Gasteiger partial charge in [-0.1, -0.05) is 0 Å². The Balaban J connectivity index is 0.00000225. The Kier molecular flexibility index (Phi) is 5.54. The van der Waals surface area contributed by atoms with E-state index in [0.29, 0.717) is 29.0 Å². The molecule has 1 N–H and O–H groups in total. The van der Waals surface area contributed by atoms with Crippen molar-refractivity contribution in [3.63, 3.8) is 0 Å². The van der Waals surface area contributed by atoms with E-state index in [1.54, 1.807) is 0 Å². The number of carbonyl (C=O) groups excluding carboxylic acids is 1. The fourth-order valence-corrected chi connectivity index (χ4v) is 2.70. The monoisotopic (exact) mass is 415 g/mol. The van der Waals surface area contributed by atoms with Gasteiger partial charge in [0.15, 0.2) is 17.2 Å². The molecule has 0 bridgehead atoms. The molecule has 12 heteroatoms. The number of fused-ring (bicyclic) bond motifs is 1. The summed E-state index contributed by atoms with van der Waals surface area (Å²) in [6, 6.07) is 3.52. The molecule has 1 fully saturated rings. The van der Waals surface area contributed by atoms with Crippen LogP contribution >= 0.6 is 12.4 Å². The molecule has 1 aromatic carbocycles. The Morgan fingerprint density at radius 3 is 2.89 bits per heavy atom. The van der Waals surface area contributed by atoms with Crippen molar-refractivity contribution in [2.45, 2.75) is 19.3 Å². The highest BCUT2D eigenvalue weighted by Crippen LogP contribution is 2.27. The number of aromatic nitrogens is 4. The van der Waals surface area contributed by atoms with Gasteiger partial charge < -0.3 is 14.8 Å². The summed E-state index contributed by atoms with van der Waals surface area (Å²) in [4.78, 5) is 19.8. The number of nitrogens with one attached hydrogen (secondary N) is 1. The number of alkyl carbamates (subject to hydrolysis) is 1. The Hall–Kier alpha value is -3.08. The van der Waals surface area contributed by atoms with Crippen LogP contribution in [-0.4, -0.2) is 45.1 Å². The highest BCUT2D eigenvalue weighted by molar-refractivity contribution is 5.85. The number of ether oxygens (including phenoxy) is 2. The first-order chi connectivity index (χ1) is 13.0. The Morgan fingerprint density at radius 2 is 2.18 bits per heavy atom. The molecule has 28 heavy (non-hydrogen) atoms. The molecule has 1 unspecified atom stereocenters. The summed E-state index contributed by atoms with van der Waals surface area (Å²) in [6.45, 7) is -2.53. The van der Waals surface area contributed by atoms with Crippen molar-refractivity contribution < 1.29 is 27.4 Å². The fourth-order valence-electron chi connectivity index (χ4n) is 2.70. The quantitative estimate of drug-likeness (QED) is 0.689. The Morgan fingerprint density at radius 1 is 1.36 bits per heavy atom. The molecule has 3 heterocycles. The third-order valence-electron chi connectivity index (χ3n) is 3.91. The Labute approximate surface area is 162 Å². The van der Waals surface area contributed by atoms with Crippen LogP contribution in [0, 0.1) is 5.82 Å². The zero-order valence-electron chi connectivity index (χ0n) is 14.0. The fraction of sp³-hybridized carbons (Fsp3) is 0.250. The van der Waals surface area contributed by atoms with Gasteiger partial charge in [0.1, 0.15) is 11.6 Å². The van der Waals surface area contributed by atoms with E-state index in [1.807, 2.05) is 0 Å². The van der Waals surface area contributed by atoms with Crippen LogP contribution in [0.25, 0.3) is 22.4 Å². The number of carbonyl (C=O) groups is 1. The molecule has 0 saturated carbocycles. The first-order valence-electron chi connectivity index (χ1n) is 7.87. The molecule has 0 aliphatic carbocycles. The second-order valence-corrected chi connectivity index (χ2v) is 5.72. The maximum atomic E-state index is 13.6. The van der Waals surface area contributed by atoms with E-state index in [-0.39, 0.29) is 19.0 Å². The van der Waals surface area contributed by atoms with Crippen molar-refractivity contribution in [3.8, 4) is 17.0 Å². The summed E-state index contributed by atoms with van der Waals surface area (Å²) in [6.07, 6.45) is 2.03. The smallest absolute Gasteiger partial charge is 0.407 e. The molecule has 148 valence electrons. The minimum absolute atomic E-state index is 0. The number of alkyl halides is 2. The van der Waals surface area contributed by atoms with Crippen molar-refractivity contribution in [1.29, 1.82) is 0 Å². The molecule has 8 nitrogen and oxygen atoms in total. The van der Waals surface area contributed by atoms with Crippen LogP contribution in [0.5, 0.6) is 5.75 Å². The summed E-state index contributed by atoms with van der Waals surface area (Å²) in [5.74, 6) is -1.49. The molecule has 1 atom stereocenters. The Bertz CT molecular complexity index is 1020. The summed E-state index contributed by atoms with van der Waals surface area (Å²) in [5, 5.41) is 6.72. The van der Waals surface area contributed by atoms with Crippen LogP contribution in [0.3, 0.4) is 0 Å². The molecule has 2 aromatic heterocycles. The largest absolute Gasteiger partial charge is 0.442 e. The maximum absolute atomic E-state index is 13.6. The first kappa shape index (κ1) is 19.7. The number of benzene rings is 1. The highest BCUT2D eigenvalue weighted by atomic mass is 35.5. The summed E-state index contributed by atoms with van der Waals surface area (Å²) < 4.78 is 49.2. The summed E-state index contributed by atoms with van der Waals surface area (Å²) in [5.41, 5.74) is 1.59. The highest BCUT2D eigenvalue weighted by Gasteiger charge is 2.24. The number of hydrogen-bond donors (Lipinski definition) is 1. The van der Waals surface area contributed by atoms with E-state index in [0.717, 1.165) is 12.1 Å². The summed E-state index contributed by atoms with van der Waals surface area (Å²) in [7, 11) is 0. The van der Waals surface area contributed by atoms with Gasteiger partial charge in [-0.25, -0.2) is 23.8 Å². The number of amides is 1. The zero-order chi connectivity index (χ0) is 19.0. The van der Waals surface area contributed by atoms with Crippen molar-refractivity contribution in [3.05, 3.63) is 36.4 Å². The van der Waals surface area contributed by atoms with Gasteiger partial charge in [-0.3, -0.25) is 0 Å². The van der Waals surface area contributed by atoms with Crippen molar-refractivity contribution >= 4 is 29.7 Å². The summed E-state index contributed by atoms with van der Waals surface area (Å²) >= 11 is 0. The molecule has 0 spiro atoms. The molecule has 1 amide bonds. The number of nitrogens with zero attached hydrogens (tertiary/aromatic N) is 4. The predicted octanol–water partition coefficient (Wildman–Crippen LogP) is 2.76. The van der Waals surface area contributed by atoms with E-state index in [2.05, 4.69) is 25.1 Å². The molecular formula is C16H13ClF3N5O3. The van der Waals surface area contributed by atoms with Crippen LogP contribution in [-0.2, 0) is 11.3 Å². The maximum Gasteiger partial charge on any atom is 0.407 e. The number of rotatable bonds is 5. The number of hydrogen-bond acceptors (Lipinski definition) is 6. The second-order valence-electron chi connectivity index (χ2n) is 5.72. The van der Waals surface area contributed by atoms with Crippen LogP contribution in [0.15, 0.2) is 30.6 Å². The average Bonchev–Trinajstić information content (AvgIpc) is 3.23. The molecule has 1 saturated heterocycles. The van der Waals surface area contributed by atoms with E-state index < -0.39 is 30.4 Å². The van der Waals surface area contributed by atoms with Crippen molar-refractivity contribution in [1.82, 2.24) is 25.1 Å². The topological polar surface area (TPSA) is 91.2 Å². The van der Waals surface area contributed by atoms with E-state index >= 15 is 0 Å². The van der Waals surface area contributed by atoms with Crippen LogP contribution in [0.4, 0.5) is 18.0 Å². The van der Waals surface area contributed by atoms with Crippen molar-refractivity contribution in [2.75, 3.05) is 6.54 Å². The van der Waals surface area contributed by atoms with Gasteiger partial charge in [0, 0.05) is 5.56 Å². The number of halogens is 4. The van der Waals surface area contributed by atoms with Gasteiger partial charge in [-0.05, 0) is 18.2 Å². The zero-order valence-corrected chi connectivity index (χ0v) is 14.8. The minimum atomic E-state index is -3.15. The lowest BCUT2D eigenvalue weighted by Crippen LogP contribution is -2.21. The lowest BCUT2D eigenvalue weighted by Gasteiger charge is -2.10. The van der Waals surface area contributed by atoms with E-state index in [1.165, 1.54) is 23.1 Å². The molecule has 4 rings (SSSR count). The normalized spacial score (nSPS) is 16.0. The van der Waals surface area contributed by atoms with E-state index in [4.69, 9.17) is 4.74 Å². The van der Waals surface area contributed by atoms with Crippen LogP contribution in [0.2, 0.25) is 0 Å². The third kappa shape index (κ3) is 3.93. The lowest BCUT2D eigenvalue weighted by atomic mass is 10.1. The van der Waals surface area contributed by atoms with Gasteiger partial charge in [-0.2, -0.15) is 13.9 Å². The SMILES string of the molecule is Cl.O=C1NCC(Cn2ncc3ncc(-c4ccc(F)c(OC(F)F)c4)nc32)O1. The predicted molar refractivity (Wildman–Crippen MR) is 92.9 cm³/mol. The molecule has 0 radical (unpaired) electrons. The first-order valence-corrected chi connectivity index (χ1v) is 7.87. The molecule has 1 aliphatic heterocycles. The third-order valence-corrected chi connectivity index (χ3v) is 3.91. The molecule has 1 aliphatic rings. The minimum Gasteiger partial charge on any atom is -0.442 e. The number of cyclic esters (lactones) is 1. The van der Waals surface area contributed by atoms with Crippen LogP contribution < -0.4 is 10.1 Å². The average molecular weight is 416 g/mol. The molecule has 3 aromatic rings. The van der Waals surface area contributed by atoms with Gasteiger partial charge in [-0.15, -0.1) is 12.4 Å². The van der Waals surface area contributed by atoms with Gasteiger partial charge >= 0.3 is 12.7 Å². The second kappa shape index (κ2) is 7.89. The lowest BCUT2D eigenvalue weighted by molar-refractivity contribution is -0.0521. The standard InChI is InChI=1S/C16H12F3N5O3.ClH/c17-10-2-1-8(3-13(10)27-15(18)19)11-5-20-12-6-22-24(14(12)23-11)7-9-4-21-16(25)26-9;/h1-3,5-6,9,15H,4,7H2,(H,21,25);1H. The van der Waals surface area contributed by atoms with E-state index in [9.17, 15) is 18.0 Å².